The molecule has 2 N–H and O–H groups in total. The van der Waals surface area contributed by atoms with E-state index in [4.69, 9.17) is 11.6 Å². The van der Waals surface area contributed by atoms with Crippen molar-refractivity contribution in [2.24, 2.45) is 0 Å². The van der Waals surface area contributed by atoms with E-state index in [9.17, 15) is 13.6 Å². The van der Waals surface area contributed by atoms with Crippen LogP contribution in [0.4, 0.5) is 8.78 Å². The summed E-state index contributed by atoms with van der Waals surface area (Å²) in [4.78, 5) is 12.4. The van der Waals surface area contributed by atoms with Gasteiger partial charge < -0.3 is 5.32 Å². The van der Waals surface area contributed by atoms with Crippen LogP contribution in [0.1, 0.15) is 21.6 Å². The number of aromatic nitrogens is 5. The second-order valence-electron chi connectivity index (χ2n) is 6.46. The fraction of sp³-hybridized carbons (Fsp3) is 0.100. The second-order valence-corrected chi connectivity index (χ2v) is 6.90. The predicted octanol–water partition coefficient (Wildman–Crippen LogP) is 3.58. The van der Waals surface area contributed by atoms with Crippen LogP contribution in [0, 0.1) is 11.6 Å². The van der Waals surface area contributed by atoms with Crippen molar-refractivity contribution in [1.29, 1.82) is 0 Å². The van der Waals surface area contributed by atoms with Crippen LogP contribution in [0.3, 0.4) is 0 Å². The fourth-order valence-electron chi connectivity index (χ4n) is 2.90. The van der Waals surface area contributed by atoms with Gasteiger partial charge in [-0.3, -0.25) is 9.89 Å². The van der Waals surface area contributed by atoms with Crippen molar-refractivity contribution in [3.05, 3.63) is 88.3 Å². The summed E-state index contributed by atoms with van der Waals surface area (Å²) in [6.45, 7) is 0.0172. The Hall–Kier alpha value is -3.59. The lowest BCUT2D eigenvalue weighted by Crippen LogP contribution is -2.23. The monoisotopic (exact) mass is 428 g/mol. The molecule has 0 spiro atoms. The van der Waals surface area contributed by atoms with E-state index in [0.29, 0.717) is 5.02 Å². The lowest BCUT2D eigenvalue weighted by Gasteiger charge is -2.05. The molecular formula is C20H15ClF2N6O. The zero-order valence-electron chi connectivity index (χ0n) is 15.4. The number of carbonyl (C=O) groups excluding carboxylic acids is 1. The summed E-state index contributed by atoms with van der Waals surface area (Å²) >= 11 is 5.91. The summed E-state index contributed by atoms with van der Waals surface area (Å²) in [6.07, 6.45) is 2.94. The molecule has 0 bridgehead atoms. The van der Waals surface area contributed by atoms with E-state index in [0.717, 1.165) is 29.0 Å². The molecule has 0 aliphatic carbocycles. The maximum atomic E-state index is 13.8. The van der Waals surface area contributed by atoms with Crippen molar-refractivity contribution in [1.82, 2.24) is 30.5 Å². The highest BCUT2D eigenvalue weighted by Gasteiger charge is 2.15. The van der Waals surface area contributed by atoms with Crippen LogP contribution in [0.15, 0.2) is 54.9 Å². The molecule has 2 aromatic heterocycles. The average molecular weight is 429 g/mol. The number of benzene rings is 2. The Kier molecular flexibility index (Phi) is 5.53. The first-order valence-electron chi connectivity index (χ1n) is 8.90. The summed E-state index contributed by atoms with van der Waals surface area (Å²) in [5.41, 5.74) is 2.28. The van der Waals surface area contributed by atoms with Crippen LogP contribution in [-0.4, -0.2) is 31.1 Å². The number of hydrogen-bond donors (Lipinski definition) is 2. The van der Waals surface area contributed by atoms with Crippen molar-refractivity contribution in [3.63, 3.8) is 0 Å². The molecule has 0 aliphatic rings. The number of nitrogens with zero attached hydrogens (tertiary/aromatic N) is 4. The number of amides is 1. The van der Waals surface area contributed by atoms with Gasteiger partial charge in [0, 0.05) is 22.7 Å². The molecule has 0 aliphatic heterocycles. The van der Waals surface area contributed by atoms with Gasteiger partial charge in [0.25, 0.3) is 5.91 Å². The Labute approximate surface area is 174 Å². The highest BCUT2D eigenvalue weighted by atomic mass is 35.5. The van der Waals surface area contributed by atoms with Gasteiger partial charge in [-0.25, -0.2) is 13.5 Å². The van der Waals surface area contributed by atoms with Crippen LogP contribution in [0.25, 0.3) is 11.3 Å². The third-order valence-electron chi connectivity index (χ3n) is 4.44. The van der Waals surface area contributed by atoms with Gasteiger partial charge in [-0.2, -0.15) is 5.10 Å². The Bertz CT molecular complexity index is 1170. The van der Waals surface area contributed by atoms with Crippen molar-refractivity contribution < 1.29 is 13.6 Å². The Morgan fingerprint density at radius 2 is 1.87 bits per heavy atom. The first-order valence-corrected chi connectivity index (χ1v) is 9.28. The van der Waals surface area contributed by atoms with Crippen molar-refractivity contribution in [2.45, 2.75) is 13.1 Å². The first-order chi connectivity index (χ1) is 14.5. The Morgan fingerprint density at radius 1 is 1.13 bits per heavy atom. The van der Waals surface area contributed by atoms with Crippen LogP contribution >= 0.6 is 11.6 Å². The number of rotatable bonds is 6. The van der Waals surface area contributed by atoms with Gasteiger partial charge in [0.05, 0.1) is 24.6 Å². The van der Waals surface area contributed by atoms with Gasteiger partial charge in [0.1, 0.15) is 11.6 Å². The number of nitrogens with one attached hydrogen (secondary N) is 2. The zero-order chi connectivity index (χ0) is 21.1. The minimum absolute atomic E-state index is 0.0308. The summed E-state index contributed by atoms with van der Waals surface area (Å²) in [6, 6.07) is 10.8. The standard InChI is InChI=1S/C20H15ClF2N6O/c21-14-6-4-12(5-7-14)19-13(9-25-27-19)8-24-20(30)18-11-29(28-26-18)10-15-16(22)2-1-3-17(15)23/h1-7,9,11H,8,10H2,(H,24,30)(H,25,27). The van der Waals surface area contributed by atoms with Crippen LogP contribution in [-0.2, 0) is 13.1 Å². The SMILES string of the molecule is O=C(NCc1cn[nH]c1-c1ccc(Cl)cc1)c1cn(Cc2c(F)cccc2F)nn1. The van der Waals surface area contributed by atoms with Gasteiger partial charge in [-0.1, -0.05) is 35.0 Å². The van der Waals surface area contributed by atoms with Crippen molar-refractivity contribution in [2.75, 3.05) is 0 Å². The molecule has 4 aromatic rings. The molecule has 0 atom stereocenters. The van der Waals surface area contributed by atoms with E-state index < -0.39 is 17.5 Å². The summed E-state index contributed by atoms with van der Waals surface area (Å²) in [5.74, 6) is -1.85. The maximum absolute atomic E-state index is 13.8. The lowest BCUT2D eigenvalue weighted by atomic mass is 10.1. The highest BCUT2D eigenvalue weighted by Crippen LogP contribution is 2.23. The minimum atomic E-state index is -0.689. The molecule has 2 aromatic carbocycles. The summed E-state index contributed by atoms with van der Waals surface area (Å²) in [7, 11) is 0. The van der Waals surface area contributed by atoms with E-state index in [2.05, 4.69) is 25.8 Å². The molecule has 1 amide bonds. The molecule has 4 rings (SSSR count). The summed E-state index contributed by atoms with van der Waals surface area (Å²) < 4.78 is 28.8. The Morgan fingerprint density at radius 3 is 2.60 bits per heavy atom. The molecule has 30 heavy (non-hydrogen) atoms. The number of carbonyl (C=O) groups is 1. The molecule has 10 heteroatoms. The number of hydrogen-bond acceptors (Lipinski definition) is 4. The minimum Gasteiger partial charge on any atom is -0.346 e. The van der Waals surface area contributed by atoms with Crippen LogP contribution in [0.2, 0.25) is 5.02 Å². The smallest absolute Gasteiger partial charge is 0.273 e. The molecule has 2 heterocycles. The number of H-pyrrole nitrogens is 1. The fourth-order valence-corrected chi connectivity index (χ4v) is 3.03. The molecule has 0 unspecified atom stereocenters. The van der Waals surface area contributed by atoms with Crippen LogP contribution in [0.5, 0.6) is 0 Å². The van der Waals surface area contributed by atoms with Gasteiger partial charge >= 0.3 is 0 Å². The number of halogens is 3. The van der Waals surface area contributed by atoms with E-state index in [1.807, 2.05) is 12.1 Å². The molecule has 0 saturated heterocycles. The quantitative estimate of drug-likeness (QED) is 0.491. The van der Waals surface area contributed by atoms with Gasteiger partial charge in [-0.15, -0.1) is 5.10 Å². The van der Waals surface area contributed by atoms with E-state index in [1.165, 1.54) is 16.9 Å². The lowest BCUT2D eigenvalue weighted by molar-refractivity contribution is 0.0946. The molecule has 0 saturated carbocycles. The molecule has 7 nitrogen and oxygen atoms in total. The van der Waals surface area contributed by atoms with Crippen molar-refractivity contribution in [3.8, 4) is 11.3 Å². The first kappa shape index (κ1) is 19.7. The van der Waals surface area contributed by atoms with E-state index >= 15 is 0 Å². The molecular weight excluding hydrogens is 414 g/mol. The van der Waals surface area contributed by atoms with Crippen molar-refractivity contribution >= 4 is 17.5 Å². The van der Waals surface area contributed by atoms with Gasteiger partial charge in [-0.05, 0) is 29.8 Å². The van der Waals surface area contributed by atoms with E-state index in [1.54, 1.807) is 18.3 Å². The largest absolute Gasteiger partial charge is 0.346 e. The third-order valence-corrected chi connectivity index (χ3v) is 4.70. The average Bonchev–Trinajstić information content (AvgIpc) is 3.39. The Balaban J connectivity index is 1.42. The predicted molar refractivity (Wildman–Crippen MR) is 106 cm³/mol. The maximum Gasteiger partial charge on any atom is 0.273 e. The van der Waals surface area contributed by atoms with Gasteiger partial charge in [0.15, 0.2) is 5.69 Å². The number of aromatic amines is 1. The normalized spacial score (nSPS) is 10.9. The topological polar surface area (TPSA) is 88.5 Å². The van der Waals surface area contributed by atoms with E-state index in [-0.39, 0.29) is 24.3 Å². The molecule has 0 fully saturated rings. The highest BCUT2D eigenvalue weighted by molar-refractivity contribution is 6.30. The molecule has 0 radical (unpaired) electrons. The zero-order valence-corrected chi connectivity index (χ0v) is 16.2. The van der Waals surface area contributed by atoms with Crippen LogP contribution < -0.4 is 5.32 Å². The summed E-state index contributed by atoms with van der Waals surface area (Å²) in [5, 5.41) is 17.8. The third kappa shape index (κ3) is 4.20. The second kappa shape index (κ2) is 8.42. The molecule has 152 valence electrons. The van der Waals surface area contributed by atoms with Gasteiger partial charge in [0.2, 0.25) is 0 Å².